The summed E-state index contributed by atoms with van der Waals surface area (Å²) in [7, 11) is 1.38. The molecule has 0 aromatic carbocycles. The summed E-state index contributed by atoms with van der Waals surface area (Å²) in [5.74, 6) is 0.196. The smallest absolute Gasteiger partial charge is 0.267 e. The largest absolute Gasteiger partial charge is 0.481 e. The van der Waals surface area contributed by atoms with Crippen LogP contribution in [0.2, 0.25) is 5.15 Å². The standard InChI is InChI=1S/C7H5BrClF2NO/c1-13-4-2-3(8)5(7(10)11)6(9)12-4/h2,7H,1H3. The van der Waals surface area contributed by atoms with Crippen molar-refractivity contribution < 1.29 is 13.5 Å². The van der Waals surface area contributed by atoms with Crippen molar-refractivity contribution in [3.05, 3.63) is 21.3 Å². The monoisotopic (exact) mass is 271 g/mol. The number of rotatable bonds is 2. The van der Waals surface area contributed by atoms with E-state index in [4.69, 9.17) is 16.3 Å². The van der Waals surface area contributed by atoms with Crippen molar-refractivity contribution in [3.8, 4) is 5.88 Å². The SMILES string of the molecule is COc1cc(Br)c(C(F)F)c(Cl)n1. The molecule has 0 radical (unpaired) electrons. The first kappa shape index (κ1) is 10.7. The summed E-state index contributed by atoms with van der Waals surface area (Å²) in [4.78, 5) is 3.61. The lowest BCUT2D eigenvalue weighted by atomic mass is 10.3. The van der Waals surface area contributed by atoms with Crippen LogP contribution in [-0.2, 0) is 0 Å². The zero-order valence-electron chi connectivity index (χ0n) is 6.52. The zero-order chi connectivity index (χ0) is 10.0. The van der Waals surface area contributed by atoms with E-state index in [0.29, 0.717) is 0 Å². The van der Waals surface area contributed by atoms with Crippen molar-refractivity contribution in [2.45, 2.75) is 6.43 Å². The van der Waals surface area contributed by atoms with Crippen LogP contribution in [0, 0.1) is 0 Å². The van der Waals surface area contributed by atoms with Gasteiger partial charge in [-0.2, -0.15) is 0 Å². The first-order valence-corrected chi connectivity index (χ1v) is 4.41. The molecule has 1 rings (SSSR count). The second-order valence-corrected chi connectivity index (χ2v) is 3.36. The third kappa shape index (κ3) is 2.28. The molecule has 0 fully saturated rings. The van der Waals surface area contributed by atoms with E-state index < -0.39 is 6.43 Å². The van der Waals surface area contributed by atoms with Crippen LogP contribution in [0.25, 0.3) is 0 Å². The molecule has 0 N–H and O–H groups in total. The number of alkyl halides is 2. The summed E-state index contributed by atoms with van der Waals surface area (Å²) in [6, 6.07) is 1.34. The third-order valence-corrected chi connectivity index (χ3v) is 2.31. The number of hydrogen-bond donors (Lipinski definition) is 0. The van der Waals surface area contributed by atoms with Gasteiger partial charge >= 0.3 is 0 Å². The molecule has 0 saturated carbocycles. The lowest BCUT2D eigenvalue weighted by Crippen LogP contribution is -1.94. The zero-order valence-corrected chi connectivity index (χ0v) is 8.86. The van der Waals surface area contributed by atoms with Crippen LogP contribution in [0.1, 0.15) is 12.0 Å². The molecule has 1 aromatic heterocycles. The van der Waals surface area contributed by atoms with Crippen LogP contribution in [0.3, 0.4) is 0 Å². The second kappa shape index (κ2) is 4.19. The normalized spacial score (nSPS) is 10.6. The number of pyridine rings is 1. The predicted molar refractivity (Wildman–Crippen MR) is 48.5 cm³/mol. The number of nitrogens with zero attached hydrogens (tertiary/aromatic N) is 1. The van der Waals surface area contributed by atoms with E-state index in [2.05, 4.69) is 20.9 Å². The van der Waals surface area contributed by atoms with Gasteiger partial charge in [0.1, 0.15) is 5.15 Å². The minimum absolute atomic E-state index is 0.194. The lowest BCUT2D eigenvalue weighted by molar-refractivity contribution is 0.150. The van der Waals surface area contributed by atoms with Gasteiger partial charge in [-0.15, -0.1) is 0 Å². The number of halogens is 4. The Labute approximate surface area is 87.0 Å². The highest BCUT2D eigenvalue weighted by Crippen LogP contribution is 2.34. The Morgan fingerprint density at radius 1 is 1.62 bits per heavy atom. The van der Waals surface area contributed by atoms with Gasteiger partial charge in [-0.05, 0) is 15.9 Å². The highest BCUT2D eigenvalue weighted by molar-refractivity contribution is 9.10. The molecule has 1 heterocycles. The molecule has 0 bridgehead atoms. The fourth-order valence-electron chi connectivity index (χ4n) is 0.773. The van der Waals surface area contributed by atoms with Crippen LogP contribution in [0.5, 0.6) is 5.88 Å². The van der Waals surface area contributed by atoms with E-state index in [-0.39, 0.29) is 21.1 Å². The van der Waals surface area contributed by atoms with E-state index in [9.17, 15) is 8.78 Å². The van der Waals surface area contributed by atoms with E-state index in [0.717, 1.165) is 0 Å². The van der Waals surface area contributed by atoms with Crippen LogP contribution < -0.4 is 4.74 Å². The summed E-state index contributed by atoms with van der Waals surface area (Å²) < 4.78 is 29.6. The van der Waals surface area contributed by atoms with Crippen molar-refractivity contribution in [2.75, 3.05) is 7.11 Å². The Kier molecular flexibility index (Phi) is 3.44. The van der Waals surface area contributed by atoms with Gasteiger partial charge in [0.25, 0.3) is 6.43 Å². The summed E-state index contributed by atoms with van der Waals surface area (Å²) >= 11 is 8.46. The maximum Gasteiger partial charge on any atom is 0.267 e. The van der Waals surface area contributed by atoms with Gasteiger partial charge < -0.3 is 4.74 Å². The highest BCUT2D eigenvalue weighted by atomic mass is 79.9. The number of aromatic nitrogens is 1. The Balaban J connectivity index is 3.23. The average molecular weight is 272 g/mol. The van der Waals surface area contributed by atoms with Crippen molar-refractivity contribution in [2.24, 2.45) is 0 Å². The van der Waals surface area contributed by atoms with E-state index in [1.54, 1.807) is 0 Å². The molecular formula is C7H5BrClF2NO. The number of ether oxygens (including phenoxy) is 1. The summed E-state index contributed by atoms with van der Waals surface area (Å²) in [5, 5.41) is -0.249. The van der Waals surface area contributed by atoms with Crippen molar-refractivity contribution in [3.63, 3.8) is 0 Å². The fraction of sp³-hybridized carbons (Fsp3) is 0.286. The summed E-state index contributed by atoms with van der Waals surface area (Å²) in [5.41, 5.74) is -0.317. The molecule has 13 heavy (non-hydrogen) atoms. The highest BCUT2D eigenvalue weighted by Gasteiger charge is 2.18. The third-order valence-electron chi connectivity index (χ3n) is 1.37. The average Bonchev–Trinajstić information content (AvgIpc) is 2.02. The maximum atomic E-state index is 12.3. The van der Waals surface area contributed by atoms with Crippen molar-refractivity contribution in [1.29, 1.82) is 0 Å². The first-order chi connectivity index (χ1) is 6.06. The minimum Gasteiger partial charge on any atom is -0.481 e. The maximum absolute atomic E-state index is 12.3. The Hall–Kier alpha value is -0.420. The molecular weight excluding hydrogens is 267 g/mol. The van der Waals surface area contributed by atoms with Gasteiger partial charge in [0, 0.05) is 10.5 Å². The van der Waals surface area contributed by atoms with Gasteiger partial charge in [-0.1, -0.05) is 11.6 Å². The van der Waals surface area contributed by atoms with Crippen LogP contribution >= 0.6 is 27.5 Å². The van der Waals surface area contributed by atoms with Crippen molar-refractivity contribution in [1.82, 2.24) is 4.98 Å². The van der Waals surface area contributed by atoms with E-state index in [1.807, 2.05) is 0 Å². The molecule has 2 nitrogen and oxygen atoms in total. The van der Waals surface area contributed by atoms with E-state index in [1.165, 1.54) is 13.2 Å². The molecule has 1 aromatic rings. The molecule has 0 atom stereocenters. The van der Waals surface area contributed by atoms with Gasteiger partial charge in [-0.3, -0.25) is 0 Å². The quantitative estimate of drug-likeness (QED) is 0.769. The molecule has 72 valence electrons. The summed E-state index contributed by atoms with van der Waals surface area (Å²) in [6.07, 6.45) is -2.65. The van der Waals surface area contributed by atoms with Gasteiger partial charge in [0.15, 0.2) is 0 Å². The van der Waals surface area contributed by atoms with Gasteiger partial charge in [0.05, 0.1) is 12.7 Å². The van der Waals surface area contributed by atoms with Gasteiger partial charge in [0.2, 0.25) is 5.88 Å². The second-order valence-electron chi connectivity index (χ2n) is 2.15. The van der Waals surface area contributed by atoms with Gasteiger partial charge in [-0.25, -0.2) is 13.8 Å². The molecule has 6 heteroatoms. The Morgan fingerprint density at radius 3 is 2.62 bits per heavy atom. The predicted octanol–water partition coefficient (Wildman–Crippen LogP) is 3.44. The molecule has 0 aliphatic rings. The first-order valence-electron chi connectivity index (χ1n) is 3.24. The van der Waals surface area contributed by atoms with Crippen LogP contribution in [-0.4, -0.2) is 12.1 Å². The molecule has 0 aliphatic heterocycles. The molecule has 0 unspecified atom stereocenters. The van der Waals surface area contributed by atoms with Crippen LogP contribution in [0.15, 0.2) is 10.5 Å². The molecule has 0 spiro atoms. The Morgan fingerprint density at radius 2 is 2.23 bits per heavy atom. The van der Waals surface area contributed by atoms with Crippen LogP contribution in [0.4, 0.5) is 8.78 Å². The molecule has 0 saturated heterocycles. The number of hydrogen-bond acceptors (Lipinski definition) is 2. The Bertz CT molecular complexity index is 298. The molecule has 0 amide bonds. The fourth-order valence-corrected chi connectivity index (χ4v) is 1.71. The topological polar surface area (TPSA) is 22.1 Å². The van der Waals surface area contributed by atoms with E-state index >= 15 is 0 Å². The minimum atomic E-state index is -2.65. The molecule has 0 aliphatic carbocycles. The summed E-state index contributed by atoms with van der Waals surface area (Å²) in [6.45, 7) is 0. The lowest BCUT2D eigenvalue weighted by Gasteiger charge is -2.06. The van der Waals surface area contributed by atoms with Crippen molar-refractivity contribution >= 4 is 27.5 Å². The number of methoxy groups -OCH3 is 1.